The van der Waals surface area contributed by atoms with Gasteiger partial charge in [-0.25, -0.2) is 0 Å². The van der Waals surface area contributed by atoms with E-state index in [1.807, 2.05) is 24.3 Å². The first kappa shape index (κ1) is 16.4. The number of benzene rings is 2. The zero-order valence-electron chi connectivity index (χ0n) is 12.8. The third-order valence-electron chi connectivity index (χ3n) is 3.84. The number of hydrogen-bond donors (Lipinski definition) is 1. The SMILES string of the molecule is O=C(Cc1ccccc1Br)NCCN1C(=O)c2ccccc2C1=O. The molecule has 0 bridgehead atoms. The van der Waals surface area contributed by atoms with Crippen molar-refractivity contribution >= 4 is 33.7 Å². The van der Waals surface area contributed by atoms with E-state index < -0.39 is 0 Å². The minimum Gasteiger partial charge on any atom is -0.354 e. The molecule has 0 fully saturated rings. The van der Waals surface area contributed by atoms with Crippen molar-refractivity contribution in [3.63, 3.8) is 0 Å². The van der Waals surface area contributed by atoms with Crippen LogP contribution in [0.15, 0.2) is 53.0 Å². The quantitative estimate of drug-likeness (QED) is 0.802. The molecule has 0 unspecified atom stereocenters. The van der Waals surface area contributed by atoms with Crippen LogP contribution in [0.5, 0.6) is 0 Å². The lowest BCUT2D eigenvalue weighted by atomic mass is 10.1. The molecule has 0 aromatic heterocycles. The van der Waals surface area contributed by atoms with E-state index in [0.717, 1.165) is 10.0 Å². The predicted molar refractivity (Wildman–Crippen MR) is 92.7 cm³/mol. The van der Waals surface area contributed by atoms with Gasteiger partial charge in [-0.15, -0.1) is 0 Å². The van der Waals surface area contributed by atoms with Gasteiger partial charge in [0.2, 0.25) is 5.91 Å². The minimum absolute atomic E-state index is 0.154. The van der Waals surface area contributed by atoms with Gasteiger partial charge < -0.3 is 5.32 Å². The van der Waals surface area contributed by atoms with E-state index in [9.17, 15) is 14.4 Å². The maximum atomic E-state index is 12.2. The Morgan fingerprint density at radius 2 is 1.54 bits per heavy atom. The molecule has 24 heavy (non-hydrogen) atoms. The molecular weight excluding hydrogens is 372 g/mol. The molecule has 1 N–H and O–H groups in total. The smallest absolute Gasteiger partial charge is 0.261 e. The first-order valence-electron chi connectivity index (χ1n) is 7.53. The van der Waals surface area contributed by atoms with Crippen LogP contribution in [0.4, 0.5) is 0 Å². The number of nitrogens with zero attached hydrogens (tertiary/aromatic N) is 1. The molecular formula is C18H15BrN2O3. The average Bonchev–Trinajstić information content (AvgIpc) is 2.82. The lowest BCUT2D eigenvalue weighted by Crippen LogP contribution is -2.38. The molecule has 2 aromatic rings. The van der Waals surface area contributed by atoms with Gasteiger partial charge in [0.1, 0.15) is 0 Å². The Bertz CT molecular complexity index is 784. The van der Waals surface area contributed by atoms with Crippen LogP contribution >= 0.6 is 15.9 Å². The molecule has 3 rings (SSSR count). The molecule has 6 heteroatoms. The van der Waals surface area contributed by atoms with Crippen LogP contribution in [0.25, 0.3) is 0 Å². The third kappa shape index (κ3) is 3.23. The van der Waals surface area contributed by atoms with Gasteiger partial charge in [0.25, 0.3) is 11.8 Å². The highest BCUT2D eigenvalue weighted by Gasteiger charge is 2.34. The van der Waals surface area contributed by atoms with E-state index in [-0.39, 0.29) is 37.2 Å². The fraction of sp³-hybridized carbons (Fsp3) is 0.167. The fourth-order valence-corrected chi connectivity index (χ4v) is 3.05. The van der Waals surface area contributed by atoms with Crippen LogP contribution in [-0.4, -0.2) is 35.7 Å². The summed E-state index contributed by atoms with van der Waals surface area (Å²) < 4.78 is 0.875. The molecule has 5 nitrogen and oxygen atoms in total. The van der Waals surface area contributed by atoms with Crippen LogP contribution < -0.4 is 5.32 Å². The van der Waals surface area contributed by atoms with Gasteiger partial charge in [-0.2, -0.15) is 0 Å². The largest absolute Gasteiger partial charge is 0.354 e. The molecule has 2 aromatic carbocycles. The van der Waals surface area contributed by atoms with Crippen molar-refractivity contribution in [2.45, 2.75) is 6.42 Å². The van der Waals surface area contributed by atoms with E-state index in [1.165, 1.54) is 4.90 Å². The molecule has 3 amide bonds. The second-order valence-electron chi connectivity index (χ2n) is 5.43. The van der Waals surface area contributed by atoms with Crippen molar-refractivity contribution in [3.05, 3.63) is 69.7 Å². The zero-order valence-corrected chi connectivity index (χ0v) is 14.4. The lowest BCUT2D eigenvalue weighted by Gasteiger charge is -2.14. The summed E-state index contributed by atoms with van der Waals surface area (Å²) in [6.07, 6.45) is 0.240. The Hall–Kier alpha value is -2.47. The highest BCUT2D eigenvalue weighted by molar-refractivity contribution is 9.10. The second-order valence-corrected chi connectivity index (χ2v) is 6.28. The van der Waals surface area contributed by atoms with Gasteiger partial charge in [0.05, 0.1) is 17.5 Å². The molecule has 0 saturated carbocycles. The number of carbonyl (C=O) groups is 3. The molecule has 0 spiro atoms. The molecule has 1 aliphatic rings. The normalized spacial score (nSPS) is 13.1. The number of hydrogen-bond acceptors (Lipinski definition) is 3. The first-order valence-corrected chi connectivity index (χ1v) is 8.32. The number of imide groups is 1. The maximum Gasteiger partial charge on any atom is 0.261 e. The number of halogens is 1. The highest BCUT2D eigenvalue weighted by Crippen LogP contribution is 2.21. The molecule has 1 aliphatic heterocycles. The standard InChI is InChI=1S/C18H15BrN2O3/c19-15-8-4-1-5-12(15)11-16(22)20-9-10-21-17(23)13-6-2-3-7-14(13)18(21)24/h1-8H,9-11H2,(H,20,22). The molecule has 1 heterocycles. The highest BCUT2D eigenvalue weighted by atomic mass is 79.9. The van der Waals surface area contributed by atoms with Gasteiger partial charge >= 0.3 is 0 Å². The number of amides is 3. The summed E-state index contributed by atoms with van der Waals surface area (Å²) in [6, 6.07) is 14.2. The summed E-state index contributed by atoms with van der Waals surface area (Å²) in [7, 11) is 0. The molecule has 122 valence electrons. The monoisotopic (exact) mass is 386 g/mol. The first-order chi connectivity index (χ1) is 11.6. The summed E-state index contributed by atoms with van der Waals surface area (Å²) in [5.41, 5.74) is 1.72. The van der Waals surface area contributed by atoms with Crippen molar-refractivity contribution in [2.24, 2.45) is 0 Å². The zero-order chi connectivity index (χ0) is 17.1. The summed E-state index contributed by atoms with van der Waals surface area (Å²) in [6.45, 7) is 0.392. The van der Waals surface area contributed by atoms with Gasteiger partial charge in [-0.3, -0.25) is 19.3 Å². The summed E-state index contributed by atoms with van der Waals surface area (Å²) >= 11 is 3.40. The minimum atomic E-state index is -0.310. The number of fused-ring (bicyclic) bond motifs is 1. The maximum absolute atomic E-state index is 12.2. The Labute approximate surface area is 147 Å². The van der Waals surface area contributed by atoms with Crippen molar-refractivity contribution in [1.82, 2.24) is 10.2 Å². The predicted octanol–water partition coefficient (Wildman–Crippen LogP) is 2.40. The van der Waals surface area contributed by atoms with E-state index in [1.54, 1.807) is 24.3 Å². The van der Waals surface area contributed by atoms with E-state index in [0.29, 0.717) is 11.1 Å². The van der Waals surface area contributed by atoms with Crippen molar-refractivity contribution in [2.75, 3.05) is 13.1 Å². The van der Waals surface area contributed by atoms with Crippen LogP contribution in [0.3, 0.4) is 0 Å². The molecule has 0 radical (unpaired) electrons. The third-order valence-corrected chi connectivity index (χ3v) is 4.62. The van der Waals surface area contributed by atoms with E-state index in [4.69, 9.17) is 0 Å². The van der Waals surface area contributed by atoms with Crippen molar-refractivity contribution in [3.8, 4) is 0 Å². The van der Waals surface area contributed by atoms with Crippen LogP contribution in [0, 0.1) is 0 Å². The van der Waals surface area contributed by atoms with Crippen LogP contribution in [0.2, 0.25) is 0 Å². The summed E-state index contributed by atoms with van der Waals surface area (Å²) in [4.78, 5) is 37.6. The molecule has 0 aliphatic carbocycles. The van der Waals surface area contributed by atoms with E-state index >= 15 is 0 Å². The number of carbonyl (C=O) groups excluding carboxylic acids is 3. The summed E-state index contributed by atoms with van der Waals surface area (Å²) in [5.74, 6) is -0.773. The Balaban J connectivity index is 1.54. The second kappa shape index (κ2) is 6.97. The Morgan fingerprint density at radius 1 is 0.958 bits per heavy atom. The van der Waals surface area contributed by atoms with E-state index in [2.05, 4.69) is 21.2 Å². The topological polar surface area (TPSA) is 66.5 Å². The van der Waals surface area contributed by atoms with Crippen molar-refractivity contribution < 1.29 is 14.4 Å². The number of rotatable bonds is 5. The van der Waals surface area contributed by atoms with Crippen LogP contribution in [-0.2, 0) is 11.2 Å². The average molecular weight is 387 g/mol. The molecule has 0 atom stereocenters. The van der Waals surface area contributed by atoms with Crippen LogP contribution in [0.1, 0.15) is 26.3 Å². The fourth-order valence-electron chi connectivity index (χ4n) is 2.63. The molecule has 0 saturated heterocycles. The Kier molecular flexibility index (Phi) is 4.76. The number of nitrogens with one attached hydrogen (secondary N) is 1. The van der Waals surface area contributed by atoms with Gasteiger partial charge in [-0.1, -0.05) is 46.3 Å². The van der Waals surface area contributed by atoms with Gasteiger partial charge in [-0.05, 0) is 23.8 Å². The lowest BCUT2D eigenvalue weighted by molar-refractivity contribution is -0.120. The van der Waals surface area contributed by atoms with Gasteiger partial charge in [0.15, 0.2) is 0 Å². The van der Waals surface area contributed by atoms with Crippen molar-refractivity contribution in [1.29, 1.82) is 0 Å². The Morgan fingerprint density at radius 3 is 2.17 bits per heavy atom. The summed E-state index contributed by atoms with van der Waals surface area (Å²) in [5, 5.41) is 2.75. The van der Waals surface area contributed by atoms with Gasteiger partial charge in [0, 0.05) is 17.6 Å².